The number of likely N-dealkylation sites (tertiary alicyclic amines) is 1. The molecule has 3 saturated heterocycles. The van der Waals surface area contributed by atoms with Gasteiger partial charge >= 0.3 is 6.03 Å². The second-order valence-corrected chi connectivity index (χ2v) is 13.5. The van der Waals surface area contributed by atoms with E-state index in [4.69, 9.17) is 4.74 Å². The molecule has 0 radical (unpaired) electrons. The summed E-state index contributed by atoms with van der Waals surface area (Å²) >= 11 is 1.46. The van der Waals surface area contributed by atoms with E-state index in [0.29, 0.717) is 35.4 Å². The van der Waals surface area contributed by atoms with Crippen LogP contribution in [0.15, 0.2) is 70.8 Å². The van der Waals surface area contributed by atoms with Crippen molar-refractivity contribution in [2.75, 3.05) is 24.5 Å². The number of anilines is 1. The van der Waals surface area contributed by atoms with E-state index in [9.17, 15) is 19.6 Å². The molecule has 7 rings (SSSR count). The highest BCUT2D eigenvalue weighted by molar-refractivity contribution is 8.04. The van der Waals surface area contributed by atoms with Crippen LogP contribution in [-0.4, -0.2) is 59.8 Å². The van der Waals surface area contributed by atoms with Gasteiger partial charge in [-0.05, 0) is 75.3 Å². The summed E-state index contributed by atoms with van der Waals surface area (Å²) in [6, 6.07) is 16.8. The lowest BCUT2D eigenvalue weighted by Gasteiger charge is -2.46. The van der Waals surface area contributed by atoms with Crippen LogP contribution < -0.4 is 25.6 Å². The molecule has 1 saturated carbocycles. The number of nitrogens with one attached hydrogen (secondary N) is 3. The minimum atomic E-state index is -0.263. The van der Waals surface area contributed by atoms with Crippen LogP contribution in [0.4, 0.5) is 10.5 Å². The lowest BCUT2D eigenvalue weighted by molar-refractivity contribution is -0.129. The highest BCUT2D eigenvalue weighted by Gasteiger charge is 2.52. The van der Waals surface area contributed by atoms with Crippen molar-refractivity contribution in [1.82, 2.24) is 20.9 Å². The quantitative estimate of drug-likeness (QED) is 0.305. The molecule has 4 aliphatic heterocycles. The minimum Gasteiger partial charge on any atom is -0.457 e. The fourth-order valence-corrected chi connectivity index (χ4v) is 8.19. The molecule has 2 aromatic rings. The third-order valence-corrected chi connectivity index (χ3v) is 10.5. The average Bonchev–Trinajstić information content (AvgIpc) is 3.80. The maximum atomic E-state index is 13.8. The van der Waals surface area contributed by atoms with Gasteiger partial charge in [0, 0.05) is 36.8 Å². The standard InChI is InChI=1S/C34H36N6O4S/c1-20-9-12-25(44-24-7-3-2-4-8-24)17-27(20)40-26-13-14-36-32-28(26)29(38-34(40)43)30(45-32)31(41)37-23-6-5-15-39(19-23)33(42)22(18-35)16-21-10-11-21/h2-4,7-9,12,16-17,21,23,26,28,32,36H,5-6,10-11,13-15,19H2,1H3,(H,37,41)(H,38,43)/b22-16+/t23-,26?,28?,32?/m1/s1. The summed E-state index contributed by atoms with van der Waals surface area (Å²) in [6.45, 7) is 3.63. The number of aryl methyl sites for hydroxylation is 1. The second kappa shape index (κ2) is 12.3. The molecule has 232 valence electrons. The van der Waals surface area contributed by atoms with Crippen LogP contribution >= 0.6 is 11.8 Å². The molecule has 3 N–H and O–H groups in total. The molecule has 0 spiro atoms. The van der Waals surface area contributed by atoms with Gasteiger partial charge in [0.2, 0.25) is 0 Å². The van der Waals surface area contributed by atoms with Gasteiger partial charge in [-0.25, -0.2) is 4.79 Å². The number of hydrogen-bond donors (Lipinski definition) is 3. The number of nitrogens with zero attached hydrogens (tertiary/aromatic N) is 3. The van der Waals surface area contributed by atoms with E-state index in [-0.39, 0.29) is 46.8 Å². The van der Waals surface area contributed by atoms with Gasteiger partial charge in [0.05, 0.1) is 22.0 Å². The van der Waals surface area contributed by atoms with Gasteiger partial charge < -0.3 is 25.6 Å². The molecule has 45 heavy (non-hydrogen) atoms. The fraction of sp³-hybridized carbons (Fsp3) is 0.412. The number of thioether (sulfide) groups is 1. The van der Waals surface area contributed by atoms with Crippen molar-refractivity contribution in [3.8, 4) is 17.6 Å². The minimum absolute atomic E-state index is 0.0539. The van der Waals surface area contributed by atoms with E-state index in [1.54, 1.807) is 11.0 Å². The van der Waals surface area contributed by atoms with E-state index in [2.05, 4.69) is 22.0 Å². The highest BCUT2D eigenvalue weighted by atomic mass is 32.2. The van der Waals surface area contributed by atoms with Crippen LogP contribution in [0.2, 0.25) is 0 Å². The van der Waals surface area contributed by atoms with Crippen LogP contribution in [0.5, 0.6) is 11.5 Å². The number of urea groups is 1. The number of para-hydroxylation sites is 1. The number of carbonyl (C=O) groups excluding carboxylic acids is 3. The molecular weight excluding hydrogens is 588 g/mol. The predicted molar refractivity (Wildman–Crippen MR) is 171 cm³/mol. The zero-order valence-corrected chi connectivity index (χ0v) is 25.9. The van der Waals surface area contributed by atoms with Crippen molar-refractivity contribution in [3.05, 3.63) is 76.3 Å². The Hall–Kier alpha value is -4.27. The zero-order chi connectivity index (χ0) is 31.1. The number of allylic oxidation sites excluding steroid dienone is 1. The van der Waals surface area contributed by atoms with Crippen LogP contribution in [-0.2, 0) is 9.59 Å². The van der Waals surface area contributed by atoms with E-state index in [1.165, 1.54) is 11.8 Å². The third-order valence-electron chi connectivity index (χ3n) is 9.19. The molecule has 0 aromatic heterocycles. The summed E-state index contributed by atoms with van der Waals surface area (Å²) in [5.74, 6) is 1.11. The van der Waals surface area contributed by atoms with Gasteiger partial charge in [0.1, 0.15) is 23.1 Å². The molecule has 4 atom stereocenters. The van der Waals surface area contributed by atoms with E-state index in [0.717, 1.165) is 55.6 Å². The van der Waals surface area contributed by atoms with Crippen molar-refractivity contribution < 1.29 is 19.1 Å². The van der Waals surface area contributed by atoms with Crippen LogP contribution in [0.3, 0.4) is 0 Å². The summed E-state index contributed by atoms with van der Waals surface area (Å²) in [5.41, 5.74) is 2.61. The number of ether oxygens (including phenoxy) is 1. The normalized spacial score (nSPS) is 26.1. The number of rotatable bonds is 7. The summed E-state index contributed by atoms with van der Waals surface area (Å²) in [4.78, 5) is 44.6. The Labute approximate surface area is 266 Å². The Morgan fingerprint density at radius 1 is 1.11 bits per heavy atom. The first-order valence-electron chi connectivity index (χ1n) is 15.7. The van der Waals surface area contributed by atoms with E-state index in [1.807, 2.05) is 60.4 Å². The molecular formula is C34H36N6O4S. The van der Waals surface area contributed by atoms with Crippen molar-refractivity contribution in [2.24, 2.45) is 11.8 Å². The van der Waals surface area contributed by atoms with Gasteiger partial charge in [-0.2, -0.15) is 5.26 Å². The van der Waals surface area contributed by atoms with Gasteiger partial charge in [0.15, 0.2) is 0 Å². The van der Waals surface area contributed by atoms with E-state index < -0.39 is 0 Å². The number of carbonyl (C=O) groups is 3. The highest BCUT2D eigenvalue weighted by Crippen LogP contribution is 2.48. The second-order valence-electron chi connectivity index (χ2n) is 12.4. The van der Waals surface area contributed by atoms with Crippen LogP contribution in [0.25, 0.3) is 0 Å². The van der Waals surface area contributed by atoms with Crippen molar-refractivity contribution in [1.29, 1.82) is 5.26 Å². The first-order valence-corrected chi connectivity index (χ1v) is 16.6. The molecule has 0 bridgehead atoms. The molecule has 4 heterocycles. The summed E-state index contributed by atoms with van der Waals surface area (Å²) in [6.07, 6.45) is 6.06. The Morgan fingerprint density at radius 2 is 1.93 bits per heavy atom. The molecule has 3 unspecified atom stereocenters. The number of benzene rings is 2. The van der Waals surface area contributed by atoms with Crippen molar-refractivity contribution >= 4 is 35.3 Å². The van der Waals surface area contributed by atoms with E-state index >= 15 is 0 Å². The molecule has 1 aliphatic carbocycles. The lowest BCUT2D eigenvalue weighted by Crippen LogP contribution is -2.62. The number of amides is 4. The Bertz CT molecular complexity index is 1630. The summed E-state index contributed by atoms with van der Waals surface area (Å²) in [7, 11) is 0. The zero-order valence-electron chi connectivity index (χ0n) is 25.1. The summed E-state index contributed by atoms with van der Waals surface area (Å²) in [5, 5.41) is 19.3. The van der Waals surface area contributed by atoms with Crippen LogP contribution in [0, 0.1) is 30.1 Å². The lowest BCUT2D eigenvalue weighted by atomic mass is 9.86. The molecule has 4 fully saturated rings. The Morgan fingerprint density at radius 3 is 2.71 bits per heavy atom. The molecule has 11 heteroatoms. The molecule has 4 amide bonds. The molecule has 10 nitrogen and oxygen atoms in total. The maximum Gasteiger partial charge on any atom is 0.326 e. The maximum absolute atomic E-state index is 13.8. The van der Waals surface area contributed by atoms with Gasteiger partial charge in [-0.3, -0.25) is 14.5 Å². The van der Waals surface area contributed by atoms with Crippen molar-refractivity contribution in [2.45, 2.75) is 56.5 Å². The number of hydrogen-bond acceptors (Lipinski definition) is 7. The Kier molecular flexibility index (Phi) is 8.02. The monoisotopic (exact) mass is 624 g/mol. The largest absolute Gasteiger partial charge is 0.457 e. The first-order chi connectivity index (χ1) is 21.9. The molecule has 2 aromatic carbocycles. The fourth-order valence-electron chi connectivity index (χ4n) is 6.79. The Balaban J connectivity index is 1.09. The first kappa shape index (κ1) is 29.4. The SMILES string of the molecule is Cc1ccc(Oc2ccccc2)cc1N1C(=O)NC2=C(C(=O)N[C@@H]3CCCN(C(=O)/C(C#N)=C/C4CC4)C3)SC3NCCC1C23. The molecule has 5 aliphatic rings. The van der Waals surface area contributed by atoms with Crippen molar-refractivity contribution in [3.63, 3.8) is 0 Å². The van der Waals surface area contributed by atoms with Gasteiger partial charge in [-0.1, -0.05) is 42.1 Å². The number of piperidine rings is 2. The topological polar surface area (TPSA) is 127 Å². The average molecular weight is 625 g/mol. The summed E-state index contributed by atoms with van der Waals surface area (Å²) < 4.78 is 6.09. The number of nitriles is 1. The third kappa shape index (κ3) is 5.92. The smallest absolute Gasteiger partial charge is 0.326 e. The van der Waals surface area contributed by atoms with Crippen LogP contribution in [0.1, 0.15) is 37.7 Å². The van der Waals surface area contributed by atoms with Gasteiger partial charge in [-0.15, -0.1) is 0 Å². The van der Waals surface area contributed by atoms with Gasteiger partial charge in [0.25, 0.3) is 11.8 Å². The predicted octanol–water partition coefficient (Wildman–Crippen LogP) is 4.55.